The molecule has 1 rings (SSSR count). The molecule has 0 saturated heterocycles. The van der Waals surface area contributed by atoms with Gasteiger partial charge in [-0.15, -0.1) is 0 Å². The maximum Gasteiger partial charge on any atom is 0.337 e. The van der Waals surface area contributed by atoms with Crippen LogP contribution in [0.25, 0.3) is 0 Å². The Morgan fingerprint density at radius 3 is 2.73 bits per heavy atom. The standard InChI is InChI=1S/C5H8N4O2/c6-3-2(4(10)11)1-8-5(7)9-3/h1,6H2,(H,10,11)(H3,7,8,9). The molecule has 60 valence electrons. The normalized spacial score (nSPS) is 17.3. The van der Waals surface area contributed by atoms with E-state index >= 15 is 0 Å². The zero-order valence-corrected chi connectivity index (χ0v) is 5.66. The second kappa shape index (κ2) is 2.49. The minimum absolute atomic E-state index is 0.0278. The van der Waals surface area contributed by atoms with Crippen molar-refractivity contribution in [2.75, 3.05) is 6.54 Å². The van der Waals surface area contributed by atoms with Crippen LogP contribution in [0.2, 0.25) is 0 Å². The monoisotopic (exact) mass is 156 g/mol. The van der Waals surface area contributed by atoms with Gasteiger partial charge in [0.15, 0.2) is 5.96 Å². The molecule has 1 aliphatic rings. The number of nitrogens with one attached hydrogen (secondary N) is 1. The van der Waals surface area contributed by atoms with Crippen molar-refractivity contribution < 1.29 is 9.90 Å². The van der Waals surface area contributed by atoms with Crippen LogP contribution in [0.15, 0.2) is 16.4 Å². The predicted molar refractivity (Wildman–Crippen MR) is 38.5 cm³/mol. The molecule has 6 N–H and O–H groups in total. The topological polar surface area (TPSA) is 114 Å². The van der Waals surface area contributed by atoms with Crippen LogP contribution >= 0.6 is 0 Å². The van der Waals surface area contributed by atoms with E-state index in [1.807, 2.05) is 0 Å². The van der Waals surface area contributed by atoms with Gasteiger partial charge in [0.2, 0.25) is 0 Å². The van der Waals surface area contributed by atoms with Gasteiger partial charge in [-0.05, 0) is 0 Å². The van der Waals surface area contributed by atoms with Crippen molar-refractivity contribution in [3.8, 4) is 0 Å². The lowest BCUT2D eigenvalue weighted by atomic mass is 10.2. The Bertz CT molecular complexity index is 255. The molecule has 6 heteroatoms. The lowest BCUT2D eigenvalue weighted by molar-refractivity contribution is -0.132. The third-order valence-electron chi connectivity index (χ3n) is 1.25. The summed E-state index contributed by atoms with van der Waals surface area (Å²) in [6.07, 6.45) is 0. The number of rotatable bonds is 1. The summed E-state index contributed by atoms with van der Waals surface area (Å²) in [7, 11) is 0. The molecule has 0 unspecified atom stereocenters. The highest BCUT2D eigenvalue weighted by Gasteiger charge is 2.16. The van der Waals surface area contributed by atoms with Gasteiger partial charge in [-0.1, -0.05) is 0 Å². The molecular weight excluding hydrogens is 148 g/mol. The summed E-state index contributed by atoms with van der Waals surface area (Å²) in [5.74, 6) is -0.872. The third-order valence-corrected chi connectivity index (χ3v) is 1.25. The molecule has 0 bridgehead atoms. The molecule has 1 aliphatic heterocycles. The van der Waals surface area contributed by atoms with Gasteiger partial charge in [0, 0.05) is 0 Å². The third kappa shape index (κ3) is 1.40. The molecule has 0 aromatic heterocycles. The van der Waals surface area contributed by atoms with Gasteiger partial charge in [-0.25, -0.2) is 9.79 Å². The molecule has 11 heavy (non-hydrogen) atoms. The van der Waals surface area contributed by atoms with Crippen molar-refractivity contribution in [3.63, 3.8) is 0 Å². The Kier molecular flexibility index (Phi) is 1.67. The summed E-state index contributed by atoms with van der Waals surface area (Å²) in [5.41, 5.74) is 10.6. The quantitative estimate of drug-likeness (QED) is 0.356. The predicted octanol–water partition coefficient (Wildman–Crippen LogP) is -1.84. The second-order valence-corrected chi connectivity index (χ2v) is 2.02. The molecule has 0 atom stereocenters. The van der Waals surface area contributed by atoms with Crippen LogP contribution in [-0.2, 0) is 4.79 Å². The van der Waals surface area contributed by atoms with Crippen LogP contribution in [0.5, 0.6) is 0 Å². The van der Waals surface area contributed by atoms with Crippen molar-refractivity contribution in [1.82, 2.24) is 5.32 Å². The fourth-order valence-corrected chi connectivity index (χ4v) is 0.685. The molecule has 0 radical (unpaired) electrons. The van der Waals surface area contributed by atoms with Gasteiger partial charge in [0.25, 0.3) is 0 Å². The number of nitrogens with zero attached hydrogens (tertiary/aromatic N) is 1. The number of nitrogens with two attached hydrogens (primary N) is 2. The molecule has 0 aromatic carbocycles. The molecule has 0 fully saturated rings. The highest BCUT2D eigenvalue weighted by atomic mass is 16.4. The number of carbonyl (C=O) groups is 1. The minimum Gasteiger partial charge on any atom is -0.478 e. The Hall–Kier alpha value is -1.72. The maximum absolute atomic E-state index is 10.4. The number of aliphatic imine (C=N–C) groups is 1. The van der Waals surface area contributed by atoms with Crippen LogP contribution in [0.3, 0.4) is 0 Å². The summed E-state index contributed by atoms with van der Waals surface area (Å²) in [6.45, 7) is 0.0278. The van der Waals surface area contributed by atoms with Crippen LogP contribution in [-0.4, -0.2) is 23.6 Å². The molecule has 0 saturated carbocycles. The average molecular weight is 156 g/mol. The Balaban J connectivity index is 2.83. The van der Waals surface area contributed by atoms with E-state index < -0.39 is 5.97 Å². The number of carboxylic acids is 1. The molecule has 6 nitrogen and oxygen atoms in total. The van der Waals surface area contributed by atoms with Crippen molar-refractivity contribution in [2.45, 2.75) is 0 Å². The van der Waals surface area contributed by atoms with E-state index in [9.17, 15) is 4.79 Å². The van der Waals surface area contributed by atoms with Crippen LogP contribution in [0, 0.1) is 0 Å². The SMILES string of the molecule is NC1=NCC(C(=O)O)=C(N)N1. The van der Waals surface area contributed by atoms with Gasteiger partial charge in [0.05, 0.1) is 12.1 Å². The Morgan fingerprint density at radius 1 is 1.64 bits per heavy atom. The first-order valence-corrected chi connectivity index (χ1v) is 2.90. The number of guanidine groups is 1. The first kappa shape index (κ1) is 7.39. The highest BCUT2D eigenvalue weighted by molar-refractivity contribution is 5.92. The van der Waals surface area contributed by atoms with E-state index in [0.29, 0.717) is 0 Å². The minimum atomic E-state index is -1.08. The van der Waals surface area contributed by atoms with Gasteiger partial charge >= 0.3 is 5.97 Å². The largest absolute Gasteiger partial charge is 0.478 e. The van der Waals surface area contributed by atoms with E-state index in [1.165, 1.54) is 0 Å². The molecule has 0 aliphatic carbocycles. The average Bonchev–Trinajstić information content (AvgIpc) is 1.85. The van der Waals surface area contributed by atoms with E-state index in [2.05, 4.69) is 10.3 Å². The Morgan fingerprint density at radius 2 is 2.27 bits per heavy atom. The van der Waals surface area contributed by atoms with Crippen molar-refractivity contribution >= 4 is 11.9 Å². The molecule has 1 heterocycles. The first-order valence-electron chi connectivity index (χ1n) is 2.90. The number of carboxylic acid groups (broad SMARTS) is 1. The fraction of sp³-hybridized carbons (Fsp3) is 0.200. The second-order valence-electron chi connectivity index (χ2n) is 2.02. The van der Waals surface area contributed by atoms with Crippen molar-refractivity contribution in [2.24, 2.45) is 16.5 Å². The van der Waals surface area contributed by atoms with E-state index in [4.69, 9.17) is 16.6 Å². The zero-order chi connectivity index (χ0) is 8.43. The van der Waals surface area contributed by atoms with Crippen molar-refractivity contribution in [1.29, 1.82) is 0 Å². The smallest absolute Gasteiger partial charge is 0.337 e. The zero-order valence-electron chi connectivity index (χ0n) is 5.66. The summed E-state index contributed by atoms with van der Waals surface area (Å²) >= 11 is 0. The maximum atomic E-state index is 10.4. The van der Waals surface area contributed by atoms with Crippen LogP contribution in [0.4, 0.5) is 0 Å². The van der Waals surface area contributed by atoms with E-state index in [-0.39, 0.29) is 23.9 Å². The van der Waals surface area contributed by atoms with Gasteiger partial charge in [-0.3, -0.25) is 0 Å². The highest BCUT2D eigenvalue weighted by Crippen LogP contribution is 2.01. The molecular formula is C5H8N4O2. The molecule has 0 aromatic rings. The first-order chi connectivity index (χ1) is 5.11. The van der Waals surface area contributed by atoms with Crippen LogP contribution in [0.1, 0.15) is 0 Å². The fourth-order valence-electron chi connectivity index (χ4n) is 0.685. The number of hydrogen-bond donors (Lipinski definition) is 4. The lowest BCUT2D eigenvalue weighted by Gasteiger charge is -2.13. The van der Waals surface area contributed by atoms with E-state index in [0.717, 1.165) is 0 Å². The van der Waals surface area contributed by atoms with Crippen molar-refractivity contribution in [3.05, 3.63) is 11.4 Å². The van der Waals surface area contributed by atoms with Gasteiger partial charge in [-0.2, -0.15) is 0 Å². The summed E-state index contributed by atoms with van der Waals surface area (Å²) < 4.78 is 0. The Labute approximate surface area is 62.6 Å². The van der Waals surface area contributed by atoms with E-state index in [1.54, 1.807) is 0 Å². The number of hydrogen-bond acceptors (Lipinski definition) is 5. The van der Waals surface area contributed by atoms with Gasteiger partial charge in [0.1, 0.15) is 5.82 Å². The summed E-state index contributed by atoms with van der Waals surface area (Å²) in [5, 5.41) is 10.9. The summed E-state index contributed by atoms with van der Waals surface area (Å²) in [6, 6.07) is 0. The molecule has 0 spiro atoms. The lowest BCUT2D eigenvalue weighted by Crippen LogP contribution is -2.39. The summed E-state index contributed by atoms with van der Waals surface area (Å²) in [4.78, 5) is 14.0. The number of aliphatic carboxylic acids is 1. The van der Waals surface area contributed by atoms with Gasteiger partial charge < -0.3 is 21.9 Å². The molecule has 0 amide bonds. The van der Waals surface area contributed by atoms with Crippen LogP contribution < -0.4 is 16.8 Å².